The fourth-order valence-corrected chi connectivity index (χ4v) is 3.85. The van der Waals surface area contributed by atoms with Gasteiger partial charge in [-0.3, -0.25) is 0 Å². The van der Waals surface area contributed by atoms with E-state index < -0.39 is 5.97 Å². The predicted molar refractivity (Wildman–Crippen MR) is 99.2 cm³/mol. The van der Waals surface area contributed by atoms with Gasteiger partial charge < -0.3 is 10.4 Å². The molecule has 0 amide bonds. The van der Waals surface area contributed by atoms with Crippen molar-refractivity contribution in [3.05, 3.63) is 47.5 Å². The van der Waals surface area contributed by atoms with E-state index in [1.165, 1.54) is 37.7 Å². The standard InChI is InChI=1S/C21H31NO2/c1-4-20(10-7-18-12-15(2)11-16(3)13-18)22-14-17-5-8-19(9-6-17)21(23)24/h5-6,8-9,16,18,20,22H,2,4,7,10-14H2,1,3H3,(H,23,24). The highest BCUT2D eigenvalue weighted by Gasteiger charge is 2.21. The predicted octanol–water partition coefficient (Wildman–Crippen LogP) is 5.03. The minimum Gasteiger partial charge on any atom is -0.478 e. The van der Waals surface area contributed by atoms with Gasteiger partial charge in [0.1, 0.15) is 0 Å². The zero-order valence-electron chi connectivity index (χ0n) is 15.1. The molecule has 0 bridgehead atoms. The van der Waals surface area contributed by atoms with Crippen LogP contribution in [0, 0.1) is 11.8 Å². The molecule has 0 saturated heterocycles. The van der Waals surface area contributed by atoms with E-state index in [0.717, 1.165) is 30.4 Å². The number of carboxylic acid groups (broad SMARTS) is 1. The number of carboxylic acids is 1. The number of benzene rings is 1. The van der Waals surface area contributed by atoms with Crippen LogP contribution in [0.15, 0.2) is 36.4 Å². The summed E-state index contributed by atoms with van der Waals surface area (Å²) in [6.45, 7) is 9.57. The number of hydrogen-bond donors (Lipinski definition) is 2. The van der Waals surface area contributed by atoms with Crippen LogP contribution in [0.25, 0.3) is 0 Å². The molecule has 2 N–H and O–H groups in total. The molecule has 1 fully saturated rings. The number of carbonyl (C=O) groups is 1. The summed E-state index contributed by atoms with van der Waals surface area (Å²) >= 11 is 0. The van der Waals surface area contributed by atoms with Crippen molar-refractivity contribution in [3.63, 3.8) is 0 Å². The van der Waals surface area contributed by atoms with E-state index in [0.29, 0.717) is 11.6 Å². The highest BCUT2D eigenvalue weighted by molar-refractivity contribution is 5.87. The lowest BCUT2D eigenvalue weighted by atomic mass is 9.77. The van der Waals surface area contributed by atoms with Gasteiger partial charge >= 0.3 is 5.97 Å². The van der Waals surface area contributed by atoms with Crippen molar-refractivity contribution in [1.29, 1.82) is 0 Å². The van der Waals surface area contributed by atoms with Crippen LogP contribution >= 0.6 is 0 Å². The average molecular weight is 329 g/mol. The first-order valence-electron chi connectivity index (χ1n) is 9.20. The Hall–Kier alpha value is -1.61. The van der Waals surface area contributed by atoms with Crippen LogP contribution in [-0.2, 0) is 6.54 Å². The highest BCUT2D eigenvalue weighted by atomic mass is 16.4. The topological polar surface area (TPSA) is 49.3 Å². The van der Waals surface area contributed by atoms with Crippen molar-refractivity contribution < 1.29 is 9.90 Å². The van der Waals surface area contributed by atoms with Crippen LogP contribution in [0.3, 0.4) is 0 Å². The number of aromatic carboxylic acids is 1. The van der Waals surface area contributed by atoms with E-state index in [4.69, 9.17) is 5.11 Å². The lowest BCUT2D eigenvalue weighted by Gasteiger charge is -2.29. The van der Waals surface area contributed by atoms with Crippen LogP contribution in [0.1, 0.15) is 68.3 Å². The van der Waals surface area contributed by atoms with Crippen LogP contribution in [0.4, 0.5) is 0 Å². The number of allylic oxidation sites excluding steroid dienone is 1. The SMILES string of the molecule is C=C1CC(C)CC(CCC(CC)NCc2ccc(C(=O)O)cc2)C1. The molecule has 1 aliphatic carbocycles. The molecule has 2 rings (SSSR count). The van der Waals surface area contributed by atoms with Gasteiger partial charge in [-0.2, -0.15) is 0 Å². The first-order valence-corrected chi connectivity index (χ1v) is 9.20. The second-order valence-corrected chi connectivity index (χ2v) is 7.43. The van der Waals surface area contributed by atoms with E-state index in [1.807, 2.05) is 12.1 Å². The van der Waals surface area contributed by atoms with Crippen molar-refractivity contribution in [1.82, 2.24) is 5.32 Å². The first-order chi connectivity index (χ1) is 11.5. The van der Waals surface area contributed by atoms with Gasteiger partial charge in [0.05, 0.1) is 5.56 Å². The molecule has 3 nitrogen and oxygen atoms in total. The minimum absolute atomic E-state index is 0.345. The normalized spacial score (nSPS) is 22.3. The van der Waals surface area contributed by atoms with Crippen LogP contribution in [0.5, 0.6) is 0 Å². The summed E-state index contributed by atoms with van der Waals surface area (Å²) in [6, 6.07) is 7.67. The summed E-state index contributed by atoms with van der Waals surface area (Å²) in [6.07, 6.45) is 7.35. The van der Waals surface area contributed by atoms with E-state index in [9.17, 15) is 4.79 Å². The van der Waals surface area contributed by atoms with E-state index in [1.54, 1.807) is 12.1 Å². The van der Waals surface area contributed by atoms with Crippen molar-refractivity contribution >= 4 is 5.97 Å². The fraction of sp³-hybridized carbons (Fsp3) is 0.571. The average Bonchev–Trinajstić information content (AvgIpc) is 2.54. The third-order valence-corrected chi connectivity index (χ3v) is 5.16. The van der Waals surface area contributed by atoms with Crippen molar-refractivity contribution in [3.8, 4) is 0 Å². The minimum atomic E-state index is -0.871. The molecule has 1 aromatic carbocycles. The summed E-state index contributed by atoms with van der Waals surface area (Å²) in [7, 11) is 0. The summed E-state index contributed by atoms with van der Waals surface area (Å²) in [5.74, 6) is 0.716. The molecule has 1 aromatic rings. The molecule has 132 valence electrons. The van der Waals surface area contributed by atoms with Gasteiger partial charge in [0.25, 0.3) is 0 Å². The van der Waals surface area contributed by atoms with Crippen LogP contribution in [0.2, 0.25) is 0 Å². The maximum atomic E-state index is 10.9. The molecular weight excluding hydrogens is 298 g/mol. The van der Waals surface area contributed by atoms with Crippen LogP contribution in [-0.4, -0.2) is 17.1 Å². The Balaban J connectivity index is 1.77. The van der Waals surface area contributed by atoms with E-state index in [2.05, 4.69) is 25.7 Å². The Morgan fingerprint density at radius 2 is 2.04 bits per heavy atom. The molecular formula is C21H31NO2. The Morgan fingerprint density at radius 1 is 1.33 bits per heavy atom. The Bertz CT molecular complexity index is 549. The molecule has 1 saturated carbocycles. The zero-order valence-corrected chi connectivity index (χ0v) is 15.1. The summed E-state index contributed by atoms with van der Waals surface area (Å²) < 4.78 is 0. The molecule has 0 spiro atoms. The Morgan fingerprint density at radius 3 is 2.62 bits per heavy atom. The largest absolute Gasteiger partial charge is 0.478 e. The second kappa shape index (κ2) is 9.03. The van der Waals surface area contributed by atoms with Gasteiger partial charge in [-0.15, -0.1) is 0 Å². The van der Waals surface area contributed by atoms with Gasteiger partial charge in [0, 0.05) is 12.6 Å². The highest BCUT2D eigenvalue weighted by Crippen LogP contribution is 2.34. The van der Waals surface area contributed by atoms with Crippen molar-refractivity contribution in [2.45, 2.75) is 65.0 Å². The smallest absolute Gasteiger partial charge is 0.335 e. The summed E-state index contributed by atoms with van der Waals surface area (Å²) in [4.78, 5) is 10.9. The van der Waals surface area contributed by atoms with E-state index >= 15 is 0 Å². The molecule has 0 aromatic heterocycles. The zero-order chi connectivity index (χ0) is 17.5. The van der Waals surface area contributed by atoms with Gasteiger partial charge in [-0.05, 0) is 68.1 Å². The third-order valence-electron chi connectivity index (χ3n) is 5.16. The Kier molecular flexibility index (Phi) is 7.04. The number of hydrogen-bond acceptors (Lipinski definition) is 2. The third kappa shape index (κ3) is 5.79. The van der Waals surface area contributed by atoms with Crippen molar-refractivity contribution in [2.24, 2.45) is 11.8 Å². The van der Waals surface area contributed by atoms with Gasteiger partial charge in [-0.25, -0.2) is 4.79 Å². The fourth-order valence-electron chi connectivity index (χ4n) is 3.85. The first kappa shape index (κ1) is 18.7. The maximum Gasteiger partial charge on any atom is 0.335 e. The molecule has 3 unspecified atom stereocenters. The molecule has 0 aliphatic heterocycles. The maximum absolute atomic E-state index is 10.9. The Labute approximate surface area is 146 Å². The van der Waals surface area contributed by atoms with Gasteiger partial charge in [-0.1, -0.05) is 38.1 Å². The summed E-state index contributed by atoms with van der Waals surface area (Å²) in [5.41, 5.74) is 2.91. The molecule has 1 aliphatic rings. The summed E-state index contributed by atoms with van der Waals surface area (Å²) in [5, 5.41) is 12.6. The second-order valence-electron chi connectivity index (χ2n) is 7.43. The molecule has 3 atom stereocenters. The van der Waals surface area contributed by atoms with Gasteiger partial charge in [0.2, 0.25) is 0 Å². The van der Waals surface area contributed by atoms with Gasteiger partial charge in [0.15, 0.2) is 0 Å². The van der Waals surface area contributed by atoms with Crippen molar-refractivity contribution in [2.75, 3.05) is 0 Å². The molecule has 0 heterocycles. The molecule has 24 heavy (non-hydrogen) atoms. The quantitative estimate of drug-likeness (QED) is 0.658. The van der Waals surface area contributed by atoms with Crippen LogP contribution < -0.4 is 5.32 Å². The lowest BCUT2D eigenvalue weighted by molar-refractivity contribution is 0.0697. The molecule has 0 radical (unpaired) electrons. The number of nitrogens with one attached hydrogen (secondary N) is 1. The molecule has 3 heteroatoms. The number of rotatable bonds is 8. The van der Waals surface area contributed by atoms with E-state index in [-0.39, 0.29) is 0 Å². The lowest BCUT2D eigenvalue weighted by Crippen LogP contribution is -2.29. The monoisotopic (exact) mass is 329 g/mol.